The van der Waals surface area contributed by atoms with Crippen LogP contribution in [-0.4, -0.2) is 34.0 Å². The van der Waals surface area contributed by atoms with Gasteiger partial charge in [-0.15, -0.1) is 0 Å². The summed E-state index contributed by atoms with van der Waals surface area (Å²) in [6.45, 7) is -0.822. The zero-order valence-corrected chi connectivity index (χ0v) is 3.53. The first kappa shape index (κ1) is 6.55. The second-order valence-electron chi connectivity index (χ2n) is 0.998. The van der Waals surface area contributed by atoms with Crippen LogP contribution in [0.25, 0.3) is 0 Å². The molecule has 4 heteroatoms. The zero-order valence-electron chi connectivity index (χ0n) is 3.53. The first-order chi connectivity index (χ1) is 3.18. The van der Waals surface area contributed by atoms with Crippen molar-refractivity contribution in [2.24, 2.45) is 0 Å². The lowest BCUT2D eigenvalue weighted by molar-refractivity contribution is -0.147. The van der Waals surface area contributed by atoms with Crippen molar-refractivity contribution >= 4 is 5.78 Å². The standard InChI is InChI=1S/C3H6O4/c4-1-2(5)3(6)7/h3-4,6-7H,1H2. The predicted molar refractivity (Wildman–Crippen MR) is 20.3 cm³/mol. The first-order valence-electron chi connectivity index (χ1n) is 1.68. The van der Waals surface area contributed by atoms with E-state index in [0.29, 0.717) is 0 Å². The molecule has 3 N–H and O–H groups in total. The molecule has 0 spiro atoms. The number of rotatable bonds is 2. The number of hydrogen-bond donors (Lipinski definition) is 3. The van der Waals surface area contributed by atoms with Crippen molar-refractivity contribution in [2.45, 2.75) is 6.29 Å². The van der Waals surface area contributed by atoms with Crippen molar-refractivity contribution in [2.75, 3.05) is 6.61 Å². The Morgan fingerprint density at radius 1 is 1.57 bits per heavy atom. The molecule has 0 saturated carbocycles. The van der Waals surface area contributed by atoms with Gasteiger partial charge in [0.1, 0.15) is 6.61 Å². The van der Waals surface area contributed by atoms with Crippen LogP contribution in [0.5, 0.6) is 0 Å². The highest BCUT2D eigenvalue weighted by Crippen LogP contribution is 1.74. The van der Waals surface area contributed by atoms with Gasteiger partial charge >= 0.3 is 0 Å². The molecule has 0 fully saturated rings. The Morgan fingerprint density at radius 2 is 2.00 bits per heavy atom. The molecule has 0 aromatic heterocycles. The van der Waals surface area contributed by atoms with E-state index in [-0.39, 0.29) is 0 Å². The third kappa shape index (κ3) is 2.27. The summed E-state index contributed by atoms with van der Waals surface area (Å²) in [5.41, 5.74) is 0. The van der Waals surface area contributed by atoms with Gasteiger partial charge in [0, 0.05) is 0 Å². The largest absolute Gasteiger partial charge is 0.388 e. The lowest BCUT2D eigenvalue weighted by atomic mass is 10.4. The molecular formula is C3H6O4. The molecule has 4 nitrogen and oxygen atoms in total. The molecule has 0 rings (SSSR count). The fourth-order valence-electron chi connectivity index (χ4n) is 0.0816. The van der Waals surface area contributed by atoms with Gasteiger partial charge < -0.3 is 15.3 Å². The molecule has 0 bridgehead atoms. The van der Waals surface area contributed by atoms with Crippen LogP contribution in [0.15, 0.2) is 0 Å². The lowest BCUT2D eigenvalue weighted by Crippen LogP contribution is -2.22. The predicted octanol–water partition coefficient (Wildman–Crippen LogP) is -2.14. The van der Waals surface area contributed by atoms with Gasteiger partial charge in [-0.1, -0.05) is 0 Å². The van der Waals surface area contributed by atoms with E-state index in [0.717, 1.165) is 0 Å². The molecule has 0 aromatic carbocycles. The van der Waals surface area contributed by atoms with Crippen molar-refractivity contribution < 1.29 is 20.1 Å². The van der Waals surface area contributed by atoms with Gasteiger partial charge in [0.2, 0.25) is 12.1 Å². The zero-order chi connectivity index (χ0) is 5.86. The molecule has 42 valence electrons. The third-order valence-electron chi connectivity index (χ3n) is 0.444. The van der Waals surface area contributed by atoms with Crippen LogP contribution in [-0.2, 0) is 4.79 Å². The van der Waals surface area contributed by atoms with Crippen molar-refractivity contribution in [1.29, 1.82) is 0 Å². The van der Waals surface area contributed by atoms with E-state index in [2.05, 4.69) is 0 Å². The van der Waals surface area contributed by atoms with Gasteiger partial charge in [-0.2, -0.15) is 0 Å². The molecular weight excluding hydrogens is 100 g/mol. The highest BCUT2D eigenvalue weighted by molar-refractivity contribution is 5.82. The summed E-state index contributed by atoms with van der Waals surface area (Å²) in [6.07, 6.45) is -2.02. The number of aliphatic hydroxyl groups is 3. The van der Waals surface area contributed by atoms with Crippen LogP contribution in [0.3, 0.4) is 0 Å². The van der Waals surface area contributed by atoms with Crippen molar-refractivity contribution in [3.8, 4) is 0 Å². The summed E-state index contributed by atoms with van der Waals surface area (Å²) < 4.78 is 0. The van der Waals surface area contributed by atoms with Crippen LogP contribution in [0.1, 0.15) is 0 Å². The summed E-state index contributed by atoms with van der Waals surface area (Å²) in [6, 6.07) is 0. The number of aliphatic hydroxyl groups excluding tert-OH is 2. The van der Waals surface area contributed by atoms with E-state index >= 15 is 0 Å². The summed E-state index contributed by atoms with van der Waals surface area (Å²) in [5.74, 6) is -0.986. The Kier molecular flexibility index (Phi) is 2.51. The van der Waals surface area contributed by atoms with Crippen LogP contribution >= 0.6 is 0 Å². The Labute approximate surface area is 40.0 Å². The molecule has 0 unspecified atom stereocenters. The van der Waals surface area contributed by atoms with Crippen LogP contribution in [0.4, 0.5) is 0 Å². The van der Waals surface area contributed by atoms with E-state index in [1.54, 1.807) is 0 Å². The molecule has 0 heterocycles. The molecule has 0 aliphatic heterocycles. The smallest absolute Gasteiger partial charge is 0.215 e. The maximum atomic E-state index is 9.76. The van der Waals surface area contributed by atoms with Crippen LogP contribution in [0.2, 0.25) is 0 Å². The topological polar surface area (TPSA) is 77.8 Å². The average Bonchev–Trinajstić information content (AvgIpc) is 1.65. The Balaban J connectivity index is 3.35. The number of Topliss-reactive ketones (excluding diaryl/α,β-unsaturated/α-hetero) is 1. The second-order valence-corrected chi connectivity index (χ2v) is 0.998. The maximum absolute atomic E-state index is 9.76. The van der Waals surface area contributed by atoms with Gasteiger partial charge in [-0.05, 0) is 0 Å². The Bertz CT molecular complexity index is 67.3. The van der Waals surface area contributed by atoms with Gasteiger partial charge in [0.25, 0.3) is 0 Å². The van der Waals surface area contributed by atoms with Crippen molar-refractivity contribution in [3.05, 3.63) is 0 Å². The fourth-order valence-corrected chi connectivity index (χ4v) is 0.0816. The highest BCUT2D eigenvalue weighted by Gasteiger charge is 2.06. The minimum Gasteiger partial charge on any atom is -0.388 e. The minimum absolute atomic E-state index is 0.822. The Hall–Kier alpha value is -0.450. The molecule has 0 saturated heterocycles. The molecule has 0 amide bonds. The van der Waals surface area contributed by atoms with Crippen LogP contribution in [0, 0.1) is 0 Å². The minimum atomic E-state index is -2.02. The average molecular weight is 106 g/mol. The lowest BCUT2D eigenvalue weighted by Gasteiger charge is -1.94. The number of carbonyl (C=O) groups is 1. The van der Waals surface area contributed by atoms with E-state index in [9.17, 15) is 4.79 Å². The molecule has 0 atom stereocenters. The van der Waals surface area contributed by atoms with Gasteiger partial charge in [0.15, 0.2) is 0 Å². The summed E-state index contributed by atoms with van der Waals surface area (Å²) in [5, 5.41) is 23.6. The van der Waals surface area contributed by atoms with Crippen molar-refractivity contribution in [1.82, 2.24) is 0 Å². The Morgan fingerprint density at radius 3 is 2.00 bits per heavy atom. The molecule has 0 radical (unpaired) electrons. The second kappa shape index (κ2) is 2.68. The SMILES string of the molecule is O=C(CO)C(O)O. The van der Waals surface area contributed by atoms with Gasteiger partial charge in [-0.3, -0.25) is 4.79 Å². The number of hydrogen-bond acceptors (Lipinski definition) is 4. The fraction of sp³-hybridized carbons (Fsp3) is 0.667. The summed E-state index contributed by atoms with van der Waals surface area (Å²) in [4.78, 5) is 9.76. The van der Waals surface area contributed by atoms with Crippen molar-refractivity contribution in [3.63, 3.8) is 0 Å². The van der Waals surface area contributed by atoms with Gasteiger partial charge in [0.05, 0.1) is 0 Å². The van der Waals surface area contributed by atoms with E-state index in [1.807, 2.05) is 0 Å². The molecule has 0 aliphatic rings. The van der Waals surface area contributed by atoms with E-state index in [4.69, 9.17) is 15.3 Å². The summed E-state index contributed by atoms with van der Waals surface area (Å²) >= 11 is 0. The molecule has 7 heavy (non-hydrogen) atoms. The maximum Gasteiger partial charge on any atom is 0.215 e. The number of carbonyl (C=O) groups excluding carboxylic acids is 1. The summed E-state index contributed by atoms with van der Waals surface area (Å²) in [7, 11) is 0. The molecule has 0 aromatic rings. The quantitative estimate of drug-likeness (QED) is 0.351. The molecule has 0 aliphatic carbocycles. The van der Waals surface area contributed by atoms with E-state index < -0.39 is 18.7 Å². The van der Waals surface area contributed by atoms with E-state index in [1.165, 1.54) is 0 Å². The monoisotopic (exact) mass is 106 g/mol. The van der Waals surface area contributed by atoms with Crippen LogP contribution < -0.4 is 0 Å². The number of ketones is 1. The normalized spacial score (nSPS) is 9.71. The third-order valence-corrected chi connectivity index (χ3v) is 0.444. The first-order valence-corrected chi connectivity index (χ1v) is 1.68. The highest BCUT2D eigenvalue weighted by atomic mass is 16.5. The van der Waals surface area contributed by atoms with Gasteiger partial charge in [-0.25, -0.2) is 0 Å².